The van der Waals surface area contributed by atoms with Crippen LogP contribution in [0, 0.1) is 0 Å². The van der Waals surface area contributed by atoms with Gasteiger partial charge in [-0.05, 0) is 6.42 Å². The van der Waals surface area contributed by atoms with E-state index in [2.05, 4.69) is 0 Å². The third-order valence-electron chi connectivity index (χ3n) is 5.25. The highest BCUT2D eigenvalue weighted by atomic mass is 16.7. The summed E-state index contributed by atoms with van der Waals surface area (Å²) in [6.45, 7) is 0.0279. The van der Waals surface area contributed by atoms with E-state index in [0.717, 1.165) is 17.5 Å². The van der Waals surface area contributed by atoms with Crippen LogP contribution < -0.4 is 0 Å². The molecule has 0 aromatic carbocycles. The van der Waals surface area contributed by atoms with E-state index in [0.29, 0.717) is 0 Å². The molecule has 9 nitrogen and oxygen atoms in total. The van der Waals surface area contributed by atoms with E-state index in [-0.39, 0.29) is 36.7 Å². The van der Waals surface area contributed by atoms with Gasteiger partial charge in [0.15, 0.2) is 24.3 Å². The highest BCUT2D eigenvalue weighted by molar-refractivity contribution is 5.58. The van der Waals surface area contributed by atoms with Gasteiger partial charge >= 0.3 is 0 Å². The van der Waals surface area contributed by atoms with E-state index in [1.165, 1.54) is 4.57 Å². The number of aliphatic hydroxyl groups excluding tert-OH is 4. The van der Waals surface area contributed by atoms with Gasteiger partial charge in [-0.25, -0.2) is 0 Å². The number of ether oxygens (including phenoxy) is 2. The highest BCUT2D eigenvalue weighted by Crippen LogP contribution is 2.56. The van der Waals surface area contributed by atoms with Gasteiger partial charge in [-0.3, -0.25) is 4.57 Å². The summed E-state index contributed by atoms with van der Waals surface area (Å²) in [5.74, 6) is 0.216. The molecule has 9 heteroatoms. The molecule has 3 aliphatic rings. The van der Waals surface area contributed by atoms with Gasteiger partial charge in [-0.15, -0.1) is 0 Å². The summed E-state index contributed by atoms with van der Waals surface area (Å²) >= 11 is 0. The normalized spacial score (nSPS) is 39.1. The Morgan fingerprint density at radius 3 is 2.16 bits per heavy atom. The first kappa shape index (κ1) is 16.8. The smallest absolute Gasteiger partial charge is 0.198 e. The fourth-order valence-electron chi connectivity index (χ4n) is 3.93. The summed E-state index contributed by atoms with van der Waals surface area (Å²) in [7, 11) is 0. The minimum Gasteiger partial charge on any atom is -0.494 e. The van der Waals surface area contributed by atoms with Crippen LogP contribution in [-0.4, -0.2) is 72.7 Å². The van der Waals surface area contributed by atoms with Crippen molar-refractivity contribution in [3.05, 3.63) is 23.3 Å². The van der Waals surface area contributed by atoms with Crippen molar-refractivity contribution >= 4 is 0 Å². The first-order valence-corrected chi connectivity index (χ1v) is 8.22. The van der Waals surface area contributed by atoms with Gasteiger partial charge in [-0.1, -0.05) is 12.2 Å². The molecule has 0 amide bonds. The molecule has 138 valence electrons. The Bertz CT molecular complexity index is 665. The molecule has 7 atom stereocenters. The van der Waals surface area contributed by atoms with Crippen molar-refractivity contribution in [3.63, 3.8) is 0 Å². The number of hydrogen-bond donors (Lipinski definition) is 6. The summed E-state index contributed by atoms with van der Waals surface area (Å²) < 4.78 is 11.5. The summed E-state index contributed by atoms with van der Waals surface area (Å²) in [6, 6.07) is 0. The highest BCUT2D eigenvalue weighted by Gasteiger charge is 2.44. The van der Waals surface area contributed by atoms with Crippen LogP contribution in [0.4, 0.5) is 0 Å². The number of aliphatic hydroxyl groups is 4. The van der Waals surface area contributed by atoms with Crippen LogP contribution in [-0.2, 0) is 16.0 Å². The fraction of sp³-hybridized carbons (Fsp3) is 0.625. The van der Waals surface area contributed by atoms with Gasteiger partial charge in [0, 0.05) is 23.0 Å². The topological polar surface area (TPSA) is 145 Å². The van der Waals surface area contributed by atoms with Gasteiger partial charge in [0.1, 0.15) is 18.3 Å². The van der Waals surface area contributed by atoms with Crippen molar-refractivity contribution in [3.8, 4) is 11.8 Å². The molecule has 0 radical (unpaired) electrons. The van der Waals surface area contributed by atoms with Crippen molar-refractivity contribution in [2.75, 3.05) is 6.61 Å². The van der Waals surface area contributed by atoms with Crippen molar-refractivity contribution < 1.29 is 40.1 Å². The summed E-state index contributed by atoms with van der Waals surface area (Å²) in [5, 5.41) is 59.1. The zero-order valence-corrected chi connectivity index (χ0v) is 13.3. The summed E-state index contributed by atoms with van der Waals surface area (Å²) in [4.78, 5) is 0. The van der Waals surface area contributed by atoms with Crippen LogP contribution >= 0.6 is 0 Å². The second kappa shape index (κ2) is 5.97. The van der Waals surface area contributed by atoms with Gasteiger partial charge < -0.3 is 40.1 Å². The Morgan fingerprint density at radius 2 is 1.56 bits per heavy atom. The predicted octanol–water partition coefficient (Wildman–Crippen LogP) is -1.19. The van der Waals surface area contributed by atoms with Gasteiger partial charge in [0.05, 0.1) is 13.2 Å². The van der Waals surface area contributed by atoms with E-state index in [4.69, 9.17) is 9.47 Å². The maximum absolute atomic E-state index is 10.4. The largest absolute Gasteiger partial charge is 0.494 e. The maximum atomic E-state index is 10.4. The summed E-state index contributed by atoms with van der Waals surface area (Å²) in [6.07, 6.45) is -2.87. The van der Waals surface area contributed by atoms with Crippen molar-refractivity contribution in [1.82, 2.24) is 4.57 Å². The average molecular weight is 355 g/mol. The Kier molecular flexibility index (Phi) is 4.02. The molecule has 25 heavy (non-hydrogen) atoms. The SMILES string of the molecule is Oc1c2c(c(O)n1CCOC1OC(O)C(O)C(O)C1O)C1C=CC2C1. The molecule has 2 bridgehead atoms. The van der Waals surface area contributed by atoms with Gasteiger partial charge in [-0.2, -0.15) is 0 Å². The number of hydrogen-bond acceptors (Lipinski definition) is 8. The van der Waals surface area contributed by atoms with Crippen LogP contribution in [0.25, 0.3) is 0 Å². The van der Waals surface area contributed by atoms with Crippen LogP contribution in [0.15, 0.2) is 12.2 Å². The van der Waals surface area contributed by atoms with E-state index in [1.807, 2.05) is 12.2 Å². The Hall–Kier alpha value is -1.62. The zero-order valence-electron chi connectivity index (χ0n) is 13.3. The lowest BCUT2D eigenvalue weighted by atomic mass is 10.0. The molecular formula is C16H21NO8. The molecule has 6 N–H and O–H groups in total. The predicted molar refractivity (Wildman–Crippen MR) is 81.9 cm³/mol. The minimum atomic E-state index is -1.68. The molecular weight excluding hydrogens is 334 g/mol. The van der Waals surface area contributed by atoms with E-state index >= 15 is 0 Å². The van der Waals surface area contributed by atoms with Crippen LogP contribution in [0.5, 0.6) is 11.8 Å². The number of fused-ring (bicyclic) bond motifs is 5. The molecule has 1 saturated heterocycles. The average Bonchev–Trinajstić information content (AvgIpc) is 3.26. The number of allylic oxidation sites excluding steroid dienone is 2. The van der Waals surface area contributed by atoms with Crippen LogP contribution in [0.2, 0.25) is 0 Å². The quantitative estimate of drug-likeness (QED) is 0.370. The number of aromatic nitrogens is 1. The Labute approximate surface area is 143 Å². The lowest BCUT2D eigenvalue weighted by Crippen LogP contribution is -2.58. The molecule has 2 heterocycles. The minimum absolute atomic E-state index is 0.00597. The van der Waals surface area contributed by atoms with Gasteiger partial charge in [0.25, 0.3) is 0 Å². The third kappa shape index (κ3) is 2.47. The summed E-state index contributed by atoms with van der Waals surface area (Å²) in [5.41, 5.74) is 1.49. The van der Waals surface area contributed by atoms with E-state index in [9.17, 15) is 30.6 Å². The molecule has 4 rings (SSSR count). The molecule has 2 aliphatic carbocycles. The van der Waals surface area contributed by atoms with Crippen LogP contribution in [0.3, 0.4) is 0 Å². The molecule has 7 unspecified atom stereocenters. The standard InChI is InChI=1S/C16H21NO8/c18-10-11(19)15(23)25-16(12(10)20)24-4-3-17-13(21)8-6-1-2-7(5-6)9(8)14(17)22/h1-2,6-7,10-12,15-16,18-23H,3-5H2. The first-order chi connectivity index (χ1) is 11.9. The lowest BCUT2D eigenvalue weighted by Gasteiger charge is -2.37. The van der Waals surface area contributed by atoms with Crippen molar-refractivity contribution in [2.45, 2.75) is 55.7 Å². The molecule has 1 fully saturated rings. The van der Waals surface area contributed by atoms with Gasteiger partial charge in [0.2, 0.25) is 0 Å². The van der Waals surface area contributed by atoms with E-state index in [1.54, 1.807) is 0 Å². The Balaban J connectivity index is 1.42. The van der Waals surface area contributed by atoms with Crippen molar-refractivity contribution in [1.29, 1.82) is 0 Å². The maximum Gasteiger partial charge on any atom is 0.198 e. The number of rotatable bonds is 4. The second-order valence-corrected chi connectivity index (χ2v) is 6.70. The monoisotopic (exact) mass is 355 g/mol. The fourth-order valence-corrected chi connectivity index (χ4v) is 3.93. The number of aromatic hydroxyl groups is 2. The first-order valence-electron chi connectivity index (χ1n) is 8.22. The van der Waals surface area contributed by atoms with E-state index < -0.39 is 30.9 Å². The number of nitrogens with zero attached hydrogens (tertiary/aromatic N) is 1. The van der Waals surface area contributed by atoms with Crippen molar-refractivity contribution in [2.24, 2.45) is 0 Å². The zero-order chi connectivity index (χ0) is 17.9. The third-order valence-corrected chi connectivity index (χ3v) is 5.25. The molecule has 1 aliphatic heterocycles. The second-order valence-electron chi connectivity index (χ2n) is 6.70. The molecule has 1 aromatic rings. The molecule has 0 spiro atoms. The molecule has 1 aromatic heterocycles. The Morgan fingerprint density at radius 1 is 0.960 bits per heavy atom. The lowest BCUT2D eigenvalue weighted by molar-refractivity contribution is -0.340. The van der Waals surface area contributed by atoms with Crippen LogP contribution in [0.1, 0.15) is 29.4 Å². The molecule has 0 saturated carbocycles.